The van der Waals surface area contributed by atoms with Crippen molar-refractivity contribution in [2.45, 2.75) is 62.3 Å². The maximum Gasteiger partial charge on any atom is 0.259 e. The Morgan fingerprint density at radius 1 is 1.37 bits per heavy atom. The number of rotatable bonds is 4. The molecule has 156 valence electrons. The van der Waals surface area contributed by atoms with Crippen molar-refractivity contribution >= 4 is 15.8 Å². The predicted molar refractivity (Wildman–Crippen MR) is 109 cm³/mol. The summed E-state index contributed by atoms with van der Waals surface area (Å²) < 4.78 is 24.2. The van der Waals surface area contributed by atoms with Gasteiger partial charge in [0, 0.05) is 13.0 Å². The zero-order chi connectivity index (χ0) is 20.9. The van der Waals surface area contributed by atoms with E-state index in [9.17, 15) is 14.3 Å². The van der Waals surface area contributed by atoms with E-state index in [-0.39, 0.29) is 11.3 Å². The van der Waals surface area contributed by atoms with Crippen molar-refractivity contribution in [2.24, 2.45) is 9.50 Å². The molecule has 5 rings (SSSR count). The fourth-order valence-electron chi connectivity index (χ4n) is 4.57. The number of nitrogens with two attached hydrogens (primary N) is 1. The van der Waals surface area contributed by atoms with Crippen LogP contribution in [0.5, 0.6) is 5.88 Å². The van der Waals surface area contributed by atoms with Gasteiger partial charge in [0.2, 0.25) is 5.88 Å². The number of hydrogen-bond acceptors (Lipinski definition) is 5. The lowest BCUT2D eigenvalue weighted by Gasteiger charge is -2.16. The smallest absolute Gasteiger partial charge is 0.259 e. The maximum absolute atomic E-state index is 13.1. The summed E-state index contributed by atoms with van der Waals surface area (Å²) in [5.74, 6) is 0.214. The number of ether oxygens (including phenoxy) is 1. The number of amides is 1. The standard InChI is InChI=1S/C21H23N5O3S/c22-11-14-9-17(13-5-6-13)18(16-4-1-3-15(14)16)10-20(27)25-30(23,28)19-12-24-26-7-2-8-29-21(19)26/h9,12-13H,1-8,10H2,(H2,23,25,27,28). The summed E-state index contributed by atoms with van der Waals surface area (Å²) in [5.41, 5.74) is 4.92. The Hall–Kier alpha value is -2.70. The Labute approximate surface area is 175 Å². The van der Waals surface area contributed by atoms with E-state index in [0.29, 0.717) is 24.9 Å². The number of nitrogens with zero attached hydrogens (tertiary/aromatic N) is 4. The molecule has 0 radical (unpaired) electrons. The molecule has 1 amide bonds. The summed E-state index contributed by atoms with van der Waals surface area (Å²) in [4.78, 5) is 13.1. The highest BCUT2D eigenvalue weighted by molar-refractivity contribution is 7.91. The molecule has 0 spiro atoms. The Morgan fingerprint density at radius 2 is 2.17 bits per heavy atom. The van der Waals surface area contributed by atoms with E-state index < -0.39 is 15.8 Å². The van der Waals surface area contributed by atoms with Crippen LogP contribution in [0, 0.1) is 11.3 Å². The summed E-state index contributed by atoms with van der Waals surface area (Å²) in [6.45, 7) is 1.14. The molecule has 2 heterocycles. The molecule has 1 atom stereocenters. The van der Waals surface area contributed by atoms with Crippen LogP contribution in [0.15, 0.2) is 21.5 Å². The molecular weight excluding hydrogens is 402 g/mol. The van der Waals surface area contributed by atoms with Gasteiger partial charge in [-0.1, -0.05) is 0 Å². The van der Waals surface area contributed by atoms with Crippen molar-refractivity contribution in [3.8, 4) is 11.9 Å². The van der Waals surface area contributed by atoms with Gasteiger partial charge in [0.05, 0.1) is 30.9 Å². The summed E-state index contributed by atoms with van der Waals surface area (Å²) in [6, 6.07) is 4.27. The van der Waals surface area contributed by atoms with Crippen molar-refractivity contribution in [3.63, 3.8) is 0 Å². The third-order valence-electron chi connectivity index (χ3n) is 6.09. The van der Waals surface area contributed by atoms with Crippen molar-refractivity contribution in [2.75, 3.05) is 6.61 Å². The van der Waals surface area contributed by atoms with E-state index in [1.807, 2.05) is 6.07 Å². The topological polar surface area (TPSA) is 123 Å². The second-order valence-electron chi connectivity index (χ2n) is 8.16. The highest BCUT2D eigenvalue weighted by Crippen LogP contribution is 2.45. The number of fused-ring (bicyclic) bond motifs is 2. The molecule has 9 heteroatoms. The molecule has 2 N–H and O–H groups in total. The van der Waals surface area contributed by atoms with Crippen LogP contribution in [0.2, 0.25) is 0 Å². The third-order valence-corrected chi connectivity index (χ3v) is 7.47. The Bertz CT molecular complexity index is 1210. The molecule has 3 aliphatic rings. The van der Waals surface area contributed by atoms with Crippen LogP contribution in [0.4, 0.5) is 0 Å². The second kappa shape index (κ2) is 7.22. The van der Waals surface area contributed by atoms with E-state index in [2.05, 4.69) is 15.5 Å². The van der Waals surface area contributed by atoms with E-state index in [4.69, 9.17) is 9.88 Å². The van der Waals surface area contributed by atoms with Gasteiger partial charge in [0.15, 0.2) is 0 Å². The van der Waals surface area contributed by atoms with Crippen LogP contribution in [0.25, 0.3) is 0 Å². The van der Waals surface area contributed by atoms with Gasteiger partial charge in [0.1, 0.15) is 14.8 Å². The molecule has 2 aromatic rings. The first kappa shape index (κ1) is 19.3. The molecule has 1 unspecified atom stereocenters. The summed E-state index contributed by atoms with van der Waals surface area (Å²) in [5, 5.41) is 19.7. The lowest BCUT2D eigenvalue weighted by molar-refractivity contribution is -0.117. The molecule has 0 bridgehead atoms. The van der Waals surface area contributed by atoms with Gasteiger partial charge in [-0.25, -0.2) is 14.0 Å². The van der Waals surface area contributed by atoms with Gasteiger partial charge in [0.25, 0.3) is 5.91 Å². The number of aromatic nitrogens is 2. The minimum Gasteiger partial charge on any atom is -0.477 e. The van der Waals surface area contributed by atoms with Crippen LogP contribution in [0.1, 0.15) is 59.4 Å². The van der Waals surface area contributed by atoms with Gasteiger partial charge in [-0.2, -0.15) is 10.4 Å². The molecule has 0 saturated heterocycles. The Balaban J connectivity index is 1.50. The van der Waals surface area contributed by atoms with Gasteiger partial charge in [-0.05, 0) is 66.3 Å². The normalized spacial score (nSPS) is 19.2. The average molecular weight is 426 g/mol. The van der Waals surface area contributed by atoms with Crippen LogP contribution in [-0.2, 0) is 40.5 Å². The molecule has 2 aliphatic carbocycles. The first-order chi connectivity index (χ1) is 14.5. The Kier molecular flexibility index (Phi) is 4.64. The molecule has 30 heavy (non-hydrogen) atoms. The van der Waals surface area contributed by atoms with E-state index >= 15 is 0 Å². The molecule has 8 nitrogen and oxygen atoms in total. The van der Waals surface area contributed by atoms with Crippen molar-refractivity contribution < 1.29 is 13.7 Å². The van der Waals surface area contributed by atoms with Crippen LogP contribution >= 0.6 is 0 Å². The monoisotopic (exact) mass is 425 g/mol. The van der Waals surface area contributed by atoms with Crippen LogP contribution in [-0.4, -0.2) is 26.5 Å². The fourth-order valence-corrected chi connectivity index (χ4v) is 5.65. The van der Waals surface area contributed by atoms with Gasteiger partial charge >= 0.3 is 0 Å². The number of benzene rings is 1. The number of hydrogen-bond donors (Lipinski definition) is 1. The van der Waals surface area contributed by atoms with E-state index in [1.54, 1.807) is 4.68 Å². The van der Waals surface area contributed by atoms with E-state index in [0.717, 1.165) is 66.3 Å². The highest BCUT2D eigenvalue weighted by Gasteiger charge is 2.32. The van der Waals surface area contributed by atoms with Crippen molar-refractivity contribution in [3.05, 3.63) is 40.1 Å². The molecule has 1 fully saturated rings. The zero-order valence-corrected chi connectivity index (χ0v) is 17.4. The minimum absolute atomic E-state index is 0.0540. The number of carbonyl (C=O) groups is 1. The highest BCUT2D eigenvalue weighted by atomic mass is 32.2. The second-order valence-corrected chi connectivity index (χ2v) is 9.92. The molecule has 1 aromatic carbocycles. The quantitative estimate of drug-likeness (QED) is 0.805. The van der Waals surface area contributed by atoms with Gasteiger partial charge in [-0.15, -0.1) is 4.36 Å². The minimum atomic E-state index is -3.46. The average Bonchev–Trinajstić information content (AvgIpc) is 3.26. The maximum atomic E-state index is 13.1. The summed E-state index contributed by atoms with van der Waals surface area (Å²) in [7, 11) is -3.46. The van der Waals surface area contributed by atoms with Gasteiger partial charge < -0.3 is 4.74 Å². The molecule has 1 aromatic heterocycles. The fraction of sp³-hybridized carbons (Fsp3) is 0.476. The predicted octanol–water partition coefficient (Wildman–Crippen LogP) is 2.37. The molecule has 1 aliphatic heterocycles. The zero-order valence-electron chi connectivity index (χ0n) is 16.6. The first-order valence-electron chi connectivity index (χ1n) is 10.3. The summed E-state index contributed by atoms with van der Waals surface area (Å²) >= 11 is 0. The number of nitriles is 1. The van der Waals surface area contributed by atoms with Crippen molar-refractivity contribution in [1.29, 1.82) is 5.26 Å². The largest absolute Gasteiger partial charge is 0.477 e. The lowest BCUT2D eigenvalue weighted by Crippen LogP contribution is -2.20. The molecule has 1 saturated carbocycles. The number of aryl methyl sites for hydroxylation is 1. The SMILES string of the molecule is N#Cc1cc(C2CC2)c(CC(=O)N=S(N)(=O)c2cnn3c2OCCC3)c2c1CCC2. The molecular formula is C21H23N5O3S. The Morgan fingerprint density at radius 3 is 2.93 bits per heavy atom. The summed E-state index contributed by atoms with van der Waals surface area (Å²) in [6.07, 6.45) is 7.07. The lowest BCUT2D eigenvalue weighted by atomic mass is 9.89. The van der Waals surface area contributed by atoms with Crippen LogP contribution < -0.4 is 9.88 Å². The van der Waals surface area contributed by atoms with E-state index in [1.165, 1.54) is 6.20 Å². The number of carbonyl (C=O) groups excluding carboxylic acids is 1. The van der Waals surface area contributed by atoms with Crippen LogP contribution in [0.3, 0.4) is 0 Å². The van der Waals surface area contributed by atoms with Gasteiger partial charge in [-0.3, -0.25) is 4.79 Å². The van der Waals surface area contributed by atoms with Crippen molar-refractivity contribution in [1.82, 2.24) is 9.78 Å². The first-order valence-corrected chi connectivity index (χ1v) is 11.9. The third kappa shape index (κ3) is 3.30.